The zero-order valence-corrected chi connectivity index (χ0v) is 18.0. The van der Waals surface area contributed by atoms with E-state index in [4.69, 9.17) is 10.1 Å². The Morgan fingerprint density at radius 3 is 2.50 bits per heavy atom. The van der Waals surface area contributed by atoms with E-state index in [2.05, 4.69) is 32.3 Å². The van der Waals surface area contributed by atoms with Gasteiger partial charge in [0.25, 0.3) is 0 Å². The van der Waals surface area contributed by atoms with Crippen LogP contribution in [-0.4, -0.2) is 48.5 Å². The van der Waals surface area contributed by atoms with Crippen LogP contribution in [0.25, 0.3) is 0 Å². The van der Waals surface area contributed by atoms with Crippen LogP contribution in [0.5, 0.6) is 0 Å². The Hall–Kier alpha value is -2.47. The van der Waals surface area contributed by atoms with E-state index in [0.717, 1.165) is 55.6 Å². The predicted molar refractivity (Wildman–Crippen MR) is 122 cm³/mol. The van der Waals surface area contributed by atoms with Crippen molar-refractivity contribution in [1.82, 2.24) is 9.97 Å². The number of hydrogen-bond acceptors (Lipinski definition) is 6. The second-order valence-electron chi connectivity index (χ2n) is 8.44. The third-order valence-electron chi connectivity index (χ3n) is 6.24. The molecular formula is C24H33N5O. The zero-order chi connectivity index (χ0) is 20.8. The van der Waals surface area contributed by atoms with E-state index in [1.165, 1.54) is 44.2 Å². The number of nitrogens with one attached hydrogen (secondary N) is 2. The van der Waals surface area contributed by atoms with E-state index in [9.17, 15) is 0 Å². The standard InChI is InChI=1S/C24H33N5O/c1-18-26-17-22(24(28-18)27-16-19-6-4-2-3-5-7-19)23(25)20-8-10-21(11-9-20)29-12-14-30-15-13-29/h8-11,17,19,25H,2-7,12-16H2,1H3,(H,26,27,28). The van der Waals surface area contributed by atoms with Crippen LogP contribution in [0.4, 0.5) is 11.5 Å². The van der Waals surface area contributed by atoms with Gasteiger partial charge in [0.2, 0.25) is 0 Å². The topological polar surface area (TPSA) is 74.1 Å². The average Bonchev–Trinajstić information content (AvgIpc) is 3.07. The Labute approximate surface area is 179 Å². The first-order valence-electron chi connectivity index (χ1n) is 11.3. The lowest BCUT2D eigenvalue weighted by Gasteiger charge is -2.29. The molecule has 30 heavy (non-hydrogen) atoms. The molecule has 1 aromatic heterocycles. The Bertz CT molecular complexity index is 837. The van der Waals surface area contributed by atoms with Crippen molar-refractivity contribution in [1.29, 1.82) is 5.41 Å². The summed E-state index contributed by atoms with van der Waals surface area (Å²) in [6.07, 6.45) is 9.73. The molecule has 0 amide bonds. The molecule has 1 aliphatic heterocycles. The molecule has 2 heterocycles. The van der Waals surface area contributed by atoms with E-state index in [1.807, 2.05) is 19.1 Å². The minimum atomic E-state index is 0.465. The SMILES string of the molecule is Cc1ncc(C(=N)c2ccc(N3CCOCC3)cc2)c(NCC2CCCCCC2)n1. The van der Waals surface area contributed by atoms with Gasteiger partial charge in [0.05, 0.1) is 24.5 Å². The summed E-state index contributed by atoms with van der Waals surface area (Å²) in [5, 5.41) is 12.4. The van der Waals surface area contributed by atoms with Crippen LogP contribution in [0.15, 0.2) is 30.5 Å². The van der Waals surface area contributed by atoms with E-state index < -0.39 is 0 Å². The summed E-state index contributed by atoms with van der Waals surface area (Å²) in [4.78, 5) is 11.3. The van der Waals surface area contributed by atoms with Gasteiger partial charge < -0.3 is 15.0 Å². The van der Waals surface area contributed by atoms with Crippen molar-refractivity contribution < 1.29 is 4.74 Å². The Balaban J connectivity index is 1.47. The molecule has 0 unspecified atom stereocenters. The highest BCUT2D eigenvalue weighted by molar-refractivity contribution is 6.13. The van der Waals surface area contributed by atoms with Crippen LogP contribution in [0.3, 0.4) is 0 Å². The maximum Gasteiger partial charge on any atom is 0.139 e. The van der Waals surface area contributed by atoms with Gasteiger partial charge in [-0.25, -0.2) is 9.97 Å². The van der Waals surface area contributed by atoms with Gasteiger partial charge in [-0.05, 0) is 37.8 Å². The van der Waals surface area contributed by atoms with Crippen molar-refractivity contribution in [2.45, 2.75) is 45.4 Å². The summed E-state index contributed by atoms with van der Waals surface area (Å²) in [6.45, 7) is 6.20. The maximum atomic E-state index is 8.80. The summed E-state index contributed by atoms with van der Waals surface area (Å²) in [5.74, 6) is 2.21. The summed E-state index contributed by atoms with van der Waals surface area (Å²) in [6, 6.07) is 8.26. The third-order valence-corrected chi connectivity index (χ3v) is 6.24. The van der Waals surface area contributed by atoms with Gasteiger partial charge in [0, 0.05) is 37.1 Å². The first kappa shape index (κ1) is 20.8. The van der Waals surface area contributed by atoms with Crippen LogP contribution in [-0.2, 0) is 4.74 Å². The first-order valence-corrected chi connectivity index (χ1v) is 11.3. The van der Waals surface area contributed by atoms with Gasteiger partial charge in [-0.15, -0.1) is 0 Å². The number of ether oxygens (including phenoxy) is 1. The average molecular weight is 408 g/mol. The van der Waals surface area contributed by atoms with Crippen LogP contribution in [0.2, 0.25) is 0 Å². The zero-order valence-electron chi connectivity index (χ0n) is 18.0. The van der Waals surface area contributed by atoms with Crippen LogP contribution in [0.1, 0.15) is 55.5 Å². The number of nitrogens with zero attached hydrogens (tertiary/aromatic N) is 3. The summed E-state index contributed by atoms with van der Waals surface area (Å²) in [7, 11) is 0. The van der Waals surface area contributed by atoms with Gasteiger partial charge in [0.15, 0.2) is 0 Å². The fourth-order valence-corrected chi connectivity index (χ4v) is 4.41. The molecule has 6 heteroatoms. The smallest absolute Gasteiger partial charge is 0.139 e. The minimum absolute atomic E-state index is 0.465. The lowest BCUT2D eigenvalue weighted by atomic mass is 10.00. The quantitative estimate of drug-likeness (QED) is 0.548. The van der Waals surface area contributed by atoms with Crippen LogP contribution in [0, 0.1) is 18.3 Å². The van der Waals surface area contributed by atoms with Crippen molar-refractivity contribution >= 4 is 17.2 Å². The van der Waals surface area contributed by atoms with Gasteiger partial charge in [-0.1, -0.05) is 37.8 Å². The van der Waals surface area contributed by atoms with Gasteiger partial charge >= 0.3 is 0 Å². The monoisotopic (exact) mass is 407 g/mol. The molecule has 1 saturated heterocycles. The molecule has 4 rings (SSSR count). The molecule has 160 valence electrons. The van der Waals surface area contributed by atoms with Crippen molar-refractivity contribution in [3.8, 4) is 0 Å². The molecule has 0 atom stereocenters. The predicted octanol–water partition coefficient (Wildman–Crippen LogP) is 4.42. The fourth-order valence-electron chi connectivity index (χ4n) is 4.41. The summed E-state index contributed by atoms with van der Waals surface area (Å²) < 4.78 is 5.44. The molecule has 2 fully saturated rings. The number of morpholine rings is 1. The molecule has 6 nitrogen and oxygen atoms in total. The number of rotatable bonds is 6. The summed E-state index contributed by atoms with van der Waals surface area (Å²) >= 11 is 0. The van der Waals surface area contributed by atoms with E-state index >= 15 is 0 Å². The molecule has 0 radical (unpaired) electrons. The molecule has 2 aliphatic rings. The maximum absolute atomic E-state index is 8.80. The van der Waals surface area contributed by atoms with Crippen LogP contribution < -0.4 is 10.2 Å². The Morgan fingerprint density at radius 2 is 1.80 bits per heavy atom. The molecule has 2 aromatic rings. The Morgan fingerprint density at radius 1 is 1.10 bits per heavy atom. The van der Waals surface area contributed by atoms with E-state index in [0.29, 0.717) is 11.6 Å². The molecule has 0 bridgehead atoms. The largest absolute Gasteiger partial charge is 0.378 e. The number of hydrogen-bond donors (Lipinski definition) is 2. The van der Waals surface area contributed by atoms with E-state index in [1.54, 1.807) is 6.20 Å². The van der Waals surface area contributed by atoms with Crippen molar-refractivity contribution in [3.63, 3.8) is 0 Å². The lowest BCUT2D eigenvalue weighted by Crippen LogP contribution is -2.36. The van der Waals surface area contributed by atoms with Gasteiger partial charge in [-0.3, -0.25) is 5.41 Å². The number of anilines is 2. The number of benzene rings is 1. The molecular weight excluding hydrogens is 374 g/mol. The lowest BCUT2D eigenvalue weighted by molar-refractivity contribution is 0.122. The highest BCUT2D eigenvalue weighted by Gasteiger charge is 2.17. The second kappa shape index (κ2) is 10.0. The van der Waals surface area contributed by atoms with Crippen molar-refractivity contribution in [2.75, 3.05) is 43.1 Å². The Kier molecular flexibility index (Phi) is 6.95. The normalized spacial score (nSPS) is 18.1. The molecule has 1 aliphatic carbocycles. The number of aromatic nitrogens is 2. The van der Waals surface area contributed by atoms with Crippen LogP contribution >= 0.6 is 0 Å². The molecule has 0 spiro atoms. The summed E-state index contributed by atoms with van der Waals surface area (Å²) in [5.41, 5.74) is 3.30. The fraction of sp³-hybridized carbons (Fsp3) is 0.542. The molecule has 1 saturated carbocycles. The highest BCUT2D eigenvalue weighted by atomic mass is 16.5. The van der Waals surface area contributed by atoms with Crippen molar-refractivity contribution in [3.05, 3.63) is 47.4 Å². The van der Waals surface area contributed by atoms with Gasteiger partial charge in [-0.2, -0.15) is 0 Å². The van der Waals surface area contributed by atoms with Gasteiger partial charge in [0.1, 0.15) is 11.6 Å². The minimum Gasteiger partial charge on any atom is -0.378 e. The molecule has 1 aromatic carbocycles. The number of aryl methyl sites for hydroxylation is 1. The van der Waals surface area contributed by atoms with Crippen molar-refractivity contribution in [2.24, 2.45) is 5.92 Å². The third kappa shape index (κ3) is 5.17. The second-order valence-corrected chi connectivity index (χ2v) is 8.44. The first-order chi connectivity index (χ1) is 14.7. The van der Waals surface area contributed by atoms with E-state index in [-0.39, 0.29) is 0 Å². The molecule has 2 N–H and O–H groups in total. The highest BCUT2D eigenvalue weighted by Crippen LogP contribution is 2.25.